The third kappa shape index (κ3) is 2.69. The Bertz CT molecular complexity index is 767. The Hall–Kier alpha value is -2.88. The first-order valence-electron chi connectivity index (χ1n) is 6.60. The summed E-state index contributed by atoms with van der Waals surface area (Å²) in [6, 6.07) is 18.9. The lowest BCUT2D eigenvalue weighted by Crippen LogP contribution is -2.29. The van der Waals surface area contributed by atoms with E-state index in [1.165, 1.54) is 4.90 Å². The number of nitrogens with zero attached hydrogens (tertiary/aromatic N) is 2. The average molecular weight is 278 g/mol. The van der Waals surface area contributed by atoms with Crippen LogP contribution in [-0.2, 0) is 0 Å². The van der Waals surface area contributed by atoms with E-state index in [0.29, 0.717) is 5.88 Å². The van der Waals surface area contributed by atoms with Crippen molar-refractivity contribution in [2.24, 2.45) is 0 Å². The number of fused-ring (bicyclic) bond motifs is 1. The van der Waals surface area contributed by atoms with Crippen LogP contribution in [0, 0.1) is 0 Å². The summed E-state index contributed by atoms with van der Waals surface area (Å²) in [4.78, 5) is 17.8. The summed E-state index contributed by atoms with van der Waals surface area (Å²) in [5, 5.41) is 1.80. The molecular formula is C17H14N2O2. The topological polar surface area (TPSA) is 42.4 Å². The number of ether oxygens (including phenoxy) is 1. The Morgan fingerprint density at radius 3 is 2.52 bits per heavy atom. The van der Waals surface area contributed by atoms with Crippen LogP contribution in [0.5, 0.6) is 5.88 Å². The Kier molecular flexibility index (Phi) is 3.51. The van der Waals surface area contributed by atoms with Crippen LogP contribution in [0.3, 0.4) is 0 Å². The molecule has 0 unspecified atom stereocenters. The van der Waals surface area contributed by atoms with Gasteiger partial charge in [0.2, 0.25) is 5.88 Å². The molecule has 1 amide bonds. The third-order valence-electron chi connectivity index (χ3n) is 3.24. The molecule has 21 heavy (non-hydrogen) atoms. The SMILES string of the molecule is CN(C(=O)Oc1nccc2ccccc12)c1ccccc1. The molecule has 3 rings (SSSR count). The van der Waals surface area contributed by atoms with Crippen molar-refractivity contribution in [1.29, 1.82) is 0 Å². The summed E-state index contributed by atoms with van der Waals surface area (Å²) in [5.41, 5.74) is 0.766. The highest BCUT2D eigenvalue weighted by Crippen LogP contribution is 2.23. The van der Waals surface area contributed by atoms with Gasteiger partial charge in [0.25, 0.3) is 0 Å². The normalized spacial score (nSPS) is 10.3. The van der Waals surface area contributed by atoms with Crippen LogP contribution in [-0.4, -0.2) is 18.1 Å². The zero-order valence-corrected chi connectivity index (χ0v) is 11.6. The van der Waals surface area contributed by atoms with Gasteiger partial charge in [-0.05, 0) is 29.7 Å². The van der Waals surface area contributed by atoms with Gasteiger partial charge >= 0.3 is 6.09 Å². The van der Waals surface area contributed by atoms with Gasteiger partial charge in [-0.3, -0.25) is 4.90 Å². The summed E-state index contributed by atoms with van der Waals surface area (Å²) in [6.45, 7) is 0. The van der Waals surface area contributed by atoms with E-state index < -0.39 is 6.09 Å². The molecule has 0 fully saturated rings. The van der Waals surface area contributed by atoms with Crippen LogP contribution in [0.2, 0.25) is 0 Å². The molecular weight excluding hydrogens is 264 g/mol. The zero-order valence-electron chi connectivity index (χ0n) is 11.6. The van der Waals surface area contributed by atoms with Gasteiger partial charge in [0, 0.05) is 24.3 Å². The van der Waals surface area contributed by atoms with E-state index in [2.05, 4.69) is 4.98 Å². The lowest BCUT2D eigenvalue weighted by atomic mass is 10.2. The lowest BCUT2D eigenvalue weighted by molar-refractivity contribution is 0.208. The maximum atomic E-state index is 12.2. The van der Waals surface area contributed by atoms with Gasteiger partial charge in [0.05, 0.1) is 0 Å². The number of benzene rings is 2. The summed E-state index contributed by atoms with van der Waals surface area (Å²) in [7, 11) is 1.67. The molecule has 0 saturated carbocycles. The monoisotopic (exact) mass is 278 g/mol. The number of rotatable bonds is 2. The third-order valence-corrected chi connectivity index (χ3v) is 3.24. The van der Waals surface area contributed by atoms with Crippen molar-refractivity contribution in [3.63, 3.8) is 0 Å². The molecule has 104 valence electrons. The van der Waals surface area contributed by atoms with Crippen molar-refractivity contribution in [3.8, 4) is 5.88 Å². The average Bonchev–Trinajstić information content (AvgIpc) is 2.55. The van der Waals surface area contributed by atoms with Crippen LogP contribution >= 0.6 is 0 Å². The molecule has 4 nitrogen and oxygen atoms in total. The number of anilines is 1. The van der Waals surface area contributed by atoms with E-state index in [9.17, 15) is 4.79 Å². The highest BCUT2D eigenvalue weighted by atomic mass is 16.6. The van der Waals surface area contributed by atoms with Crippen molar-refractivity contribution in [3.05, 3.63) is 66.9 Å². The van der Waals surface area contributed by atoms with Crippen molar-refractivity contribution < 1.29 is 9.53 Å². The number of amides is 1. The Morgan fingerprint density at radius 2 is 1.71 bits per heavy atom. The number of carbonyl (C=O) groups excluding carboxylic acids is 1. The molecule has 0 radical (unpaired) electrons. The standard InChI is InChI=1S/C17H14N2O2/c1-19(14-8-3-2-4-9-14)17(20)21-16-15-10-6-5-7-13(15)11-12-18-16/h2-12H,1H3. The molecule has 0 saturated heterocycles. The summed E-state index contributed by atoms with van der Waals surface area (Å²) < 4.78 is 5.42. The predicted molar refractivity (Wildman–Crippen MR) is 82.6 cm³/mol. The Balaban J connectivity index is 1.87. The van der Waals surface area contributed by atoms with Crippen LogP contribution in [0.15, 0.2) is 66.9 Å². The van der Waals surface area contributed by atoms with Crippen molar-refractivity contribution in [2.45, 2.75) is 0 Å². The second-order valence-electron chi connectivity index (χ2n) is 4.60. The van der Waals surface area contributed by atoms with Gasteiger partial charge in [-0.25, -0.2) is 9.78 Å². The van der Waals surface area contributed by atoms with E-state index >= 15 is 0 Å². The van der Waals surface area contributed by atoms with Crippen LogP contribution in [0.25, 0.3) is 10.8 Å². The molecule has 0 atom stereocenters. The molecule has 0 aliphatic rings. The molecule has 0 spiro atoms. The van der Waals surface area contributed by atoms with E-state index in [4.69, 9.17) is 4.74 Å². The molecule has 0 aliphatic carbocycles. The highest BCUT2D eigenvalue weighted by Gasteiger charge is 2.15. The maximum Gasteiger partial charge on any atom is 0.420 e. The minimum Gasteiger partial charge on any atom is -0.390 e. The number of para-hydroxylation sites is 1. The van der Waals surface area contributed by atoms with E-state index in [0.717, 1.165) is 16.5 Å². The summed E-state index contributed by atoms with van der Waals surface area (Å²) in [5.74, 6) is 0.320. The fraction of sp³-hybridized carbons (Fsp3) is 0.0588. The van der Waals surface area contributed by atoms with Crippen LogP contribution < -0.4 is 9.64 Å². The Morgan fingerprint density at radius 1 is 1.00 bits per heavy atom. The molecule has 0 aliphatic heterocycles. The fourth-order valence-electron chi connectivity index (χ4n) is 2.08. The van der Waals surface area contributed by atoms with Crippen molar-refractivity contribution >= 4 is 22.6 Å². The molecule has 4 heteroatoms. The van der Waals surface area contributed by atoms with Gasteiger partial charge in [0.1, 0.15) is 0 Å². The largest absolute Gasteiger partial charge is 0.420 e. The van der Waals surface area contributed by atoms with Crippen molar-refractivity contribution in [1.82, 2.24) is 4.98 Å². The van der Waals surface area contributed by atoms with Gasteiger partial charge in [0.15, 0.2) is 0 Å². The molecule has 3 aromatic rings. The minimum atomic E-state index is -0.468. The smallest absolute Gasteiger partial charge is 0.390 e. The number of hydrogen-bond donors (Lipinski definition) is 0. The van der Waals surface area contributed by atoms with Gasteiger partial charge < -0.3 is 4.74 Å². The van der Waals surface area contributed by atoms with Crippen molar-refractivity contribution in [2.75, 3.05) is 11.9 Å². The zero-order chi connectivity index (χ0) is 14.7. The van der Waals surface area contributed by atoms with Gasteiger partial charge in [-0.1, -0.05) is 36.4 Å². The molecule has 0 N–H and O–H groups in total. The van der Waals surface area contributed by atoms with Crippen LogP contribution in [0.4, 0.5) is 10.5 Å². The minimum absolute atomic E-state index is 0.320. The first kappa shape index (κ1) is 13.1. The van der Waals surface area contributed by atoms with E-state index in [1.807, 2.05) is 60.7 Å². The lowest BCUT2D eigenvalue weighted by Gasteiger charge is -2.16. The predicted octanol–water partition coefficient (Wildman–Crippen LogP) is 3.87. The fourth-order valence-corrected chi connectivity index (χ4v) is 2.08. The maximum absolute atomic E-state index is 12.2. The summed E-state index contributed by atoms with van der Waals surface area (Å²) >= 11 is 0. The number of carbonyl (C=O) groups is 1. The Labute approximate surface area is 122 Å². The van der Waals surface area contributed by atoms with E-state index in [-0.39, 0.29) is 0 Å². The van der Waals surface area contributed by atoms with Crippen LogP contribution in [0.1, 0.15) is 0 Å². The molecule has 2 aromatic carbocycles. The number of hydrogen-bond acceptors (Lipinski definition) is 3. The number of aromatic nitrogens is 1. The molecule has 0 bridgehead atoms. The van der Waals surface area contributed by atoms with E-state index in [1.54, 1.807) is 13.2 Å². The first-order chi connectivity index (χ1) is 10.3. The molecule has 1 heterocycles. The second-order valence-corrected chi connectivity index (χ2v) is 4.60. The highest BCUT2D eigenvalue weighted by molar-refractivity contribution is 5.92. The second kappa shape index (κ2) is 5.63. The van der Waals surface area contributed by atoms with Gasteiger partial charge in [-0.15, -0.1) is 0 Å². The van der Waals surface area contributed by atoms with Gasteiger partial charge in [-0.2, -0.15) is 0 Å². The quantitative estimate of drug-likeness (QED) is 0.714. The number of pyridine rings is 1. The first-order valence-corrected chi connectivity index (χ1v) is 6.60. The molecule has 1 aromatic heterocycles. The summed E-state index contributed by atoms with van der Waals surface area (Å²) in [6.07, 6.45) is 1.16.